The van der Waals surface area contributed by atoms with E-state index in [-0.39, 0.29) is 23.3 Å². The van der Waals surface area contributed by atoms with Crippen molar-refractivity contribution in [2.24, 2.45) is 5.92 Å². The fourth-order valence-electron chi connectivity index (χ4n) is 3.52. The predicted octanol–water partition coefficient (Wildman–Crippen LogP) is 4.12. The Labute approximate surface area is 163 Å². The van der Waals surface area contributed by atoms with Crippen molar-refractivity contribution in [2.75, 3.05) is 4.90 Å². The van der Waals surface area contributed by atoms with E-state index in [9.17, 15) is 14.7 Å². The summed E-state index contributed by atoms with van der Waals surface area (Å²) in [5.41, 5.74) is 2.90. The van der Waals surface area contributed by atoms with Gasteiger partial charge in [0.05, 0.1) is 12.1 Å². The number of carboxylic acids is 1. The number of aromatic carboxylic acids is 1. The molecule has 1 heterocycles. The zero-order chi connectivity index (χ0) is 19.5. The van der Waals surface area contributed by atoms with E-state index in [2.05, 4.69) is 4.98 Å². The number of para-hydroxylation sites is 1. The number of rotatable bonds is 6. The third kappa shape index (κ3) is 3.78. The number of hydrogen-bond donors (Lipinski definition) is 1. The van der Waals surface area contributed by atoms with Gasteiger partial charge in [-0.3, -0.25) is 9.78 Å². The number of hydrogen-bond acceptors (Lipinski definition) is 3. The summed E-state index contributed by atoms with van der Waals surface area (Å²) in [6.07, 6.45) is 4.36. The molecule has 140 valence electrons. The van der Waals surface area contributed by atoms with Crippen molar-refractivity contribution in [2.45, 2.75) is 18.9 Å². The van der Waals surface area contributed by atoms with Crippen LogP contribution >= 0.6 is 0 Å². The van der Waals surface area contributed by atoms with Gasteiger partial charge in [0.25, 0.3) is 0 Å². The van der Waals surface area contributed by atoms with Crippen LogP contribution in [0.5, 0.6) is 0 Å². The quantitative estimate of drug-likeness (QED) is 0.707. The molecular formula is C23H20N2O3. The largest absolute Gasteiger partial charge is 0.478 e. The van der Waals surface area contributed by atoms with E-state index in [1.54, 1.807) is 29.3 Å². The first-order chi connectivity index (χ1) is 13.6. The Kier molecular flexibility index (Phi) is 4.89. The summed E-state index contributed by atoms with van der Waals surface area (Å²) < 4.78 is 0. The third-order valence-corrected chi connectivity index (χ3v) is 5.07. The van der Waals surface area contributed by atoms with E-state index in [1.807, 2.05) is 54.7 Å². The highest BCUT2D eigenvalue weighted by Crippen LogP contribution is 2.48. The molecule has 2 aromatic carbocycles. The zero-order valence-electron chi connectivity index (χ0n) is 15.2. The number of anilines is 1. The topological polar surface area (TPSA) is 70.5 Å². The summed E-state index contributed by atoms with van der Waals surface area (Å²) in [4.78, 5) is 30.5. The standard InChI is InChI=1S/C23H20N2O3/c26-22(21-13-20(21)18-8-5-11-24-14-18)25(19-9-2-1-3-10-19)15-16-6-4-7-17(12-16)23(27)28/h1-12,14,20-21H,13,15H2,(H,27,28)/t20-,21?/m1/s1. The Morgan fingerprint density at radius 2 is 1.86 bits per heavy atom. The first-order valence-corrected chi connectivity index (χ1v) is 9.22. The molecule has 0 spiro atoms. The second-order valence-corrected chi connectivity index (χ2v) is 7.00. The number of benzene rings is 2. The lowest BCUT2D eigenvalue weighted by Crippen LogP contribution is -2.32. The number of aromatic nitrogens is 1. The van der Waals surface area contributed by atoms with E-state index >= 15 is 0 Å². The highest BCUT2D eigenvalue weighted by atomic mass is 16.4. The number of pyridine rings is 1. The number of carboxylic acid groups (broad SMARTS) is 1. The molecule has 1 unspecified atom stereocenters. The van der Waals surface area contributed by atoms with Crippen molar-refractivity contribution < 1.29 is 14.7 Å². The Balaban J connectivity index is 1.59. The second kappa shape index (κ2) is 7.64. The molecule has 5 heteroatoms. The van der Waals surface area contributed by atoms with Gasteiger partial charge in [-0.25, -0.2) is 4.79 Å². The first-order valence-electron chi connectivity index (χ1n) is 9.22. The average molecular weight is 372 g/mol. The van der Waals surface area contributed by atoms with Crippen LogP contribution < -0.4 is 4.90 Å². The minimum Gasteiger partial charge on any atom is -0.478 e. The minimum atomic E-state index is -0.974. The summed E-state index contributed by atoms with van der Waals surface area (Å²) in [5.74, 6) is -0.802. The number of nitrogens with zero attached hydrogens (tertiary/aromatic N) is 2. The second-order valence-electron chi connectivity index (χ2n) is 7.00. The van der Waals surface area contributed by atoms with E-state index in [1.165, 1.54) is 0 Å². The Morgan fingerprint density at radius 1 is 1.04 bits per heavy atom. The van der Waals surface area contributed by atoms with Crippen molar-refractivity contribution in [1.82, 2.24) is 4.98 Å². The monoisotopic (exact) mass is 372 g/mol. The molecule has 0 saturated heterocycles. The van der Waals surface area contributed by atoms with Gasteiger partial charge in [0.15, 0.2) is 0 Å². The molecular weight excluding hydrogens is 352 g/mol. The molecule has 1 fully saturated rings. The normalized spacial score (nSPS) is 17.7. The van der Waals surface area contributed by atoms with Crippen LogP contribution in [0.4, 0.5) is 5.69 Å². The summed E-state index contributed by atoms with van der Waals surface area (Å²) in [5, 5.41) is 9.24. The fraction of sp³-hybridized carbons (Fsp3) is 0.174. The Morgan fingerprint density at radius 3 is 2.57 bits per heavy atom. The van der Waals surface area contributed by atoms with E-state index < -0.39 is 5.97 Å². The number of carbonyl (C=O) groups is 2. The molecule has 1 amide bonds. The third-order valence-electron chi connectivity index (χ3n) is 5.07. The van der Waals surface area contributed by atoms with Crippen LogP contribution in [-0.2, 0) is 11.3 Å². The first kappa shape index (κ1) is 17.9. The molecule has 0 radical (unpaired) electrons. The Bertz CT molecular complexity index is 989. The number of carbonyl (C=O) groups excluding carboxylic acids is 1. The highest BCUT2D eigenvalue weighted by Gasteiger charge is 2.46. The van der Waals surface area contributed by atoms with E-state index in [4.69, 9.17) is 0 Å². The fourth-order valence-corrected chi connectivity index (χ4v) is 3.52. The molecule has 1 aromatic heterocycles. The van der Waals surface area contributed by atoms with E-state index in [0.717, 1.165) is 23.2 Å². The molecule has 0 bridgehead atoms. The van der Waals surface area contributed by atoms with Crippen LogP contribution in [0, 0.1) is 5.92 Å². The maximum Gasteiger partial charge on any atom is 0.335 e. The van der Waals surface area contributed by atoms with Crippen LogP contribution in [0.25, 0.3) is 0 Å². The van der Waals surface area contributed by atoms with Gasteiger partial charge >= 0.3 is 5.97 Å². The van der Waals surface area contributed by atoms with Gasteiger partial charge in [-0.2, -0.15) is 0 Å². The lowest BCUT2D eigenvalue weighted by molar-refractivity contribution is -0.120. The van der Waals surface area contributed by atoms with E-state index in [0.29, 0.717) is 6.54 Å². The molecule has 1 aliphatic rings. The van der Waals surface area contributed by atoms with Gasteiger partial charge in [-0.05, 0) is 53.8 Å². The summed E-state index contributed by atoms with van der Waals surface area (Å²) in [7, 11) is 0. The van der Waals surface area contributed by atoms with Gasteiger partial charge in [0.1, 0.15) is 0 Å². The molecule has 4 rings (SSSR count). The lowest BCUT2D eigenvalue weighted by Gasteiger charge is -2.23. The van der Waals surface area contributed by atoms with Crippen LogP contribution in [0.15, 0.2) is 79.1 Å². The van der Waals surface area contributed by atoms with Gasteiger partial charge in [-0.1, -0.05) is 36.4 Å². The maximum absolute atomic E-state index is 13.3. The van der Waals surface area contributed by atoms with Crippen molar-refractivity contribution >= 4 is 17.6 Å². The van der Waals surface area contributed by atoms with Crippen LogP contribution in [0.3, 0.4) is 0 Å². The molecule has 1 saturated carbocycles. The average Bonchev–Trinajstić information content (AvgIpc) is 3.54. The summed E-state index contributed by atoms with van der Waals surface area (Å²) in [6.45, 7) is 0.334. The zero-order valence-corrected chi connectivity index (χ0v) is 15.2. The van der Waals surface area contributed by atoms with Gasteiger partial charge < -0.3 is 10.0 Å². The maximum atomic E-state index is 13.3. The summed E-state index contributed by atoms with van der Waals surface area (Å²) in [6, 6.07) is 20.1. The highest BCUT2D eigenvalue weighted by molar-refractivity contribution is 5.97. The van der Waals surface area contributed by atoms with Crippen molar-refractivity contribution in [3.63, 3.8) is 0 Å². The van der Waals surface area contributed by atoms with Crippen LogP contribution in [-0.4, -0.2) is 22.0 Å². The molecule has 0 aliphatic heterocycles. The van der Waals surface area contributed by atoms with Gasteiger partial charge in [0, 0.05) is 24.0 Å². The van der Waals surface area contributed by atoms with Crippen LogP contribution in [0.1, 0.15) is 33.8 Å². The van der Waals surface area contributed by atoms with Crippen molar-refractivity contribution in [3.05, 3.63) is 95.8 Å². The molecule has 28 heavy (non-hydrogen) atoms. The SMILES string of the molecule is O=C(O)c1cccc(CN(C(=O)C2C[C@@H]2c2cccnc2)c2ccccc2)c1. The molecule has 5 nitrogen and oxygen atoms in total. The minimum absolute atomic E-state index is 0.0563. The van der Waals surface area contributed by atoms with Gasteiger partial charge in [0.2, 0.25) is 5.91 Å². The Hall–Kier alpha value is -3.47. The molecule has 1 N–H and O–H groups in total. The molecule has 3 aromatic rings. The number of amides is 1. The lowest BCUT2D eigenvalue weighted by atomic mass is 10.1. The van der Waals surface area contributed by atoms with Crippen molar-refractivity contribution in [3.8, 4) is 0 Å². The smallest absolute Gasteiger partial charge is 0.335 e. The van der Waals surface area contributed by atoms with Crippen LogP contribution in [0.2, 0.25) is 0 Å². The predicted molar refractivity (Wildman–Crippen MR) is 106 cm³/mol. The van der Waals surface area contributed by atoms with Gasteiger partial charge in [-0.15, -0.1) is 0 Å². The van der Waals surface area contributed by atoms with Crippen molar-refractivity contribution in [1.29, 1.82) is 0 Å². The molecule has 1 aliphatic carbocycles. The summed E-state index contributed by atoms with van der Waals surface area (Å²) >= 11 is 0. The molecule has 2 atom stereocenters.